The van der Waals surface area contributed by atoms with Crippen LogP contribution >= 0.6 is 0 Å². The largest absolute Gasteiger partial charge is 0.490 e. The van der Waals surface area contributed by atoms with Gasteiger partial charge < -0.3 is 9.64 Å². The van der Waals surface area contributed by atoms with Crippen LogP contribution in [0.15, 0.2) is 29.2 Å². The van der Waals surface area contributed by atoms with Crippen molar-refractivity contribution in [3.63, 3.8) is 0 Å². The van der Waals surface area contributed by atoms with Gasteiger partial charge in [0.05, 0.1) is 21.7 Å². The van der Waals surface area contributed by atoms with Crippen LogP contribution in [-0.2, 0) is 14.8 Å². The summed E-state index contributed by atoms with van der Waals surface area (Å²) >= 11 is 0. The number of carbonyl (C=O) groups excluding carboxylic acids is 1. The van der Waals surface area contributed by atoms with Crippen molar-refractivity contribution in [2.75, 3.05) is 22.8 Å². The molecule has 0 spiro atoms. The summed E-state index contributed by atoms with van der Waals surface area (Å²) < 4.78 is 35.4. The number of ether oxygens (including phenoxy) is 1. The molecule has 0 bridgehead atoms. The maximum absolute atomic E-state index is 13.3. The predicted octanol–water partition coefficient (Wildman–Crippen LogP) is 5.13. The predicted molar refractivity (Wildman–Crippen MR) is 129 cm³/mol. The van der Waals surface area contributed by atoms with Crippen LogP contribution in [0.1, 0.15) is 49.9 Å². The Balaban J connectivity index is 2.03. The van der Waals surface area contributed by atoms with Crippen LogP contribution in [0.25, 0.3) is 0 Å². The summed E-state index contributed by atoms with van der Waals surface area (Å²) in [6, 6.07) is 7.12. The highest BCUT2D eigenvalue weighted by atomic mass is 32.2. The van der Waals surface area contributed by atoms with Crippen LogP contribution in [0.4, 0.5) is 11.4 Å². The van der Waals surface area contributed by atoms with E-state index in [1.165, 1.54) is 0 Å². The fraction of sp³-hybridized carbons (Fsp3) is 0.480. The van der Waals surface area contributed by atoms with Gasteiger partial charge in [0.1, 0.15) is 12.4 Å². The van der Waals surface area contributed by atoms with Gasteiger partial charge >= 0.3 is 0 Å². The van der Waals surface area contributed by atoms with Gasteiger partial charge in [0.2, 0.25) is 5.91 Å². The second-order valence-corrected chi connectivity index (χ2v) is 11.5. The van der Waals surface area contributed by atoms with Crippen molar-refractivity contribution in [1.29, 1.82) is 0 Å². The fourth-order valence-electron chi connectivity index (χ4n) is 4.05. The molecule has 32 heavy (non-hydrogen) atoms. The lowest BCUT2D eigenvalue weighted by Crippen LogP contribution is -2.43. The molecule has 7 heteroatoms. The molecule has 2 aromatic rings. The SMILES string of the molecule is Cc1cc(C)c(C)c(S(=O)(=O)Nc2ccc3c(c2)OCC(C)(C)C(=O)N3CC(C)C)c1C. The Labute approximate surface area is 192 Å². The molecule has 1 amide bonds. The molecule has 0 atom stereocenters. The minimum absolute atomic E-state index is 0.000216. The van der Waals surface area contributed by atoms with Gasteiger partial charge in [-0.15, -0.1) is 0 Å². The molecule has 0 saturated carbocycles. The fourth-order valence-corrected chi connectivity index (χ4v) is 5.71. The number of fused-ring (bicyclic) bond motifs is 1. The van der Waals surface area contributed by atoms with E-state index in [1.54, 1.807) is 23.1 Å². The molecule has 1 N–H and O–H groups in total. The molecule has 1 aliphatic heterocycles. The maximum Gasteiger partial charge on any atom is 0.262 e. The van der Waals surface area contributed by atoms with Crippen molar-refractivity contribution in [3.05, 3.63) is 46.5 Å². The van der Waals surface area contributed by atoms with Crippen LogP contribution in [0, 0.1) is 39.0 Å². The van der Waals surface area contributed by atoms with E-state index in [2.05, 4.69) is 18.6 Å². The molecule has 0 radical (unpaired) electrons. The van der Waals surface area contributed by atoms with Gasteiger partial charge in [0.15, 0.2) is 0 Å². The standard InChI is InChI=1S/C25H34N2O4S/c1-15(2)13-27-21-10-9-20(12-22(21)31-14-25(7,8)24(27)28)26-32(29,30)23-18(5)16(3)11-17(4)19(23)6/h9-12,15,26H,13-14H2,1-8H3. The van der Waals surface area contributed by atoms with Crippen LogP contribution < -0.4 is 14.4 Å². The highest BCUT2D eigenvalue weighted by molar-refractivity contribution is 7.92. The second kappa shape index (κ2) is 8.43. The molecule has 1 aliphatic rings. The van der Waals surface area contributed by atoms with Gasteiger partial charge in [-0.25, -0.2) is 8.42 Å². The van der Waals surface area contributed by atoms with Crippen molar-refractivity contribution >= 4 is 27.3 Å². The molecule has 0 fully saturated rings. The number of sulfonamides is 1. The Kier molecular flexibility index (Phi) is 6.35. The van der Waals surface area contributed by atoms with Gasteiger partial charge in [0, 0.05) is 12.6 Å². The summed E-state index contributed by atoms with van der Waals surface area (Å²) in [6.07, 6.45) is 0. The number of nitrogens with one attached hydrogen (secondary N) is 1. The molecular formula is C25H34N2O4S. The van der Waals surface area contributed by atoms with Gasteiger partial charge in [-0.3, -0.25) is 9.52 Å². The van der Waals surface area contributed by atoms with Crippen molar-refractivity contribution < 1.29 is 17.9 Å². The van der Waals surface area contributed by atoms with E-state index in [9.17, 15) is 13.2 Å². The topological polar surface area (TPSA) is 75.7 Å². The van der Waals surface area contributed by atoms with E-state index in [0.29, 0.717) is 28.6 Å². The van der Waals surface area contributed by atoms with Crippen LogP contribution in [0.3, 0.4) is 0 Å². The highest BCUT2D eigenvalue weighted by Crippen LogP contribution is 2.39. The first kappa shape index (κ1) is 24.1. The second-order valence-electron chi connectivity index (χ2n) is 9.86. The molecule has 0 saturated heterocycles. The third-order valence-electron chi connectivity index (χ3n) is 6.03. The Morgan fingerprint density at radius 3 is 2.22 bits per heavy atom. The monoisotopic (exact) mass is 458 g/mol. The summed E-state index contributed by atoms with van der Waals surface area (Å²) in [4.78, 5) is 15.2. The minimum Gasteiger partial charge on any atom is -0.490 e. The number of rotatable bonds is 5. The van der Waals surface area contributed by atoms with E-state index >= 15 is 0 Å². The van der Waals surface area contributed by atoms with Gasteiger partial charge in [-0.2, -0.15) is 0 Å². The van der Waals surface area contributed by atoms with Gasteiger partial charge in [-0.1, -0.05) is 19.9 Å². The van der Waals surface area contributed by atoms with Crippen LogP contribution in [0.5, 0.6) is 5.75 Å². The van der Waals surface area contributed by atoms with E-state index in [0.717, 1.165) is 22.3 Å². The summed E-state index contributed by atoms with van der Waals surface area (Å²) in [6.45, 7) is 16.1. The molecule has 174 valence electrons. The zero-order chi connectivity index (χ0) is 24.0. The van der Waals surface area contributed by atoms with E-state index < -0.39 is 15.4 Å². The summed E-state index contributed by atoms with van der Waals surface area (Å²) in [5, 5.41) is 0. The molecule has 0 unspecified atom stereocenters. The maximum atomic E-state index is 13.3. The molecule has 1 heterocycles. The first-order valence-electron chi connectivity index (χ1n) is 10.9. The average molecular weight is 459 g/mol. The number of hydrogen-bond donors (Lipinski definition) is 1. The Morgan fingerprint density at radius 2 is 1.66 bits per heavy atom. The molecule has 3 rings (SSSR count). The highest BCUT2D eigenvalue weighted by Gasteiger charge is 2.38. The minimum atomic E-state index is -3.81. The zero-order valence-electron chi connectivity index (χ0n) is 20.3. The summed E-state index contributed by atoms with van der Waals surface area (Å²) in [5.41, 5.74) is 3.73. The van der Waals surface area contributed by atoms with E-state index in [4.69, 9.17) is 4.74 Å². The Morgan fingerprint density at radius 1 is 1.06 bits per heavy atom. The van der Waals surface area contributed by atoms with Crippen molar-refractivity contribution in [3.8, 4) is 5.75 Å². The molecule has 2 aromatic carbocycles. The smallest absolute Gasteiger partial charge is 0.262 e. The summed E-state index contributed by atoms with van der Waals surface area (Å²) in [5.74, 6) is 0.771. The van der Waals surface area contributed by atoms with E-state index in [-0.39, 0.29) is 18.4 Å². The first-order chi connectivity index (χ1) is 14.7. The number of carbonyl (C=O) groups is 1. The normalized spacial score (nSPS) is 15.9. The van der Waals surface area contributed by atoms with Crippen molar-refractivity contribution in [1.82, 2.24) is 0 Å². The molecule has 0 aliphatic carbocycles. The Bertz CT molecular complexity index is 1140. The Hall–Kier alpha value is -2.54. The number of aryl methyl sites for hydroxylation is 2. The lowest BCUT2D eigenvalue weighted by atomic mass is 9.92. The van der Waals surface area contributed by atoms with Crippen molar-refractivity contribution in [2.24, 2.45) is 11.3 Å². The molecule has 0 aromatic heterocycles. The van der Waals surface area contributed by atoms with Crippen LogP contribution in [-0.4, -0.2) is 27.5 Å². The first-order valence-corrected chi connectivity index (χ1v) is 12.4. The lowest BCUT2D eigenvalue weighted by Gasteiger charge is -2.29. The van der Waals surface area contributed by atoms with E-state index in [1.807, 2.05) is 47.6 Å². The number of anilines is 2. The number of benzene rings is 2. The molecular weight excluding hydrogens is 424 g/mol. The molecule has 6 nitrogen and oxygen atoms in total. The van der Waals surface area contributed by atoms with Crippen molar-refractivity contribution in [2.45, 2.75) is 60.3 Å². The third kappa shape index (κ3) is 4.49. The zero-order valence-corrected chi connectivity index (χ0v) is 21.1. The van der Waals surface area contributed by atoms with Gasteiger partial charge in [-0.05, 0) is 81.8 Å². The third-order valence-corrected chi connectivity index (χ3v) is 7.68. The average Bonchev–Trinajstić information content (AvgIpc) is 2.76. The van der Waals surface area contributed by atoms with Gasteiger partial charge in [0.25, 0.3) is 10.0 Å². The quantitative estimate of drug-likeness (QED) is 0.674. The number of hydrogen-bond acceptors (Lipinski definition) is 4. The number of amides is 1. The summed E-state index contributed by atoms with van der Waals surface area (Å²) in [7, 11) is -3.81. The van der Waals surface area contributed by atoms with Crippen LogP contribution in [0.2, 0.25) is 0 Å². The lowest BCUT2D eigenvalue weighted by molar-refractivity contribution is -0.127. The number of nitrogens with zero attached hydrogens (tertiary/aromatic N) is 1.